The van der Waals surface area contributed by atoms with E-state index in [2.05, 4.69) is 37.4 Å². The van der Waals surface area contributed by atoms with Crippen LogP contribution in [-0.2, 0) is 21.9 Å². The molecule has 0 bridgehead atoms. The van der Waals surface area contributed by atoms with E-state index in [4.69, 9.17) is 0 Å². The minimum Gasteiger partial charge on any atom is -0.354 e. The average molecular weight is 427 g/mol. The van der Waals surface area contributed by atoms with Crippen molar-refractivity contribution in [3.05, 3.63) is 71.3 Å². The van der Waals surface area contributed by atoms with Crippen molar-refractivity contribution in [1.29, 1.82) is 0 Å². The van der Waals surface area contributed by atoms with E-state index in [1.165, 1.54) is 5.56 Å². The molecule has 30 heavy (non-hydrogen) atoms. The molecular formula is C25H34N2O2S. The highest BCUT2D eigenvalue weighted by Gasteiger charge is 2.25. The van der Waals surface area contributed by atoms with Crippen molar-refractivity contribution < 1.29 is 9.59 Å². The number of hydrogen-bond acceptors (Lipinski definition) is 3. The first-order chi connectivity index (χ1) is 14.4. The Labute approximate surface area is 185 Å². The Morgan fingerprint density at radius 2 is 1.70 bits per heavy atom. The highest BCUT2D eigenvalue weighted by atomic mass is 32.2. The molecule has 0 radical (unpaired) electrons. The fourth-order valence-electron chi connectivity index (χ4n) is 3.11. The van der Waals surface area contributed by atoms with Crippen LogP contribution in [0.3, 0.4) is 0 Å². The number of benzene rings is 2. The molecule has 4 nitrogen and oxygen atoms in total. The zero-order valence-electron chi connectivity index (χ0n) is 18.6. The largest absolute Gasteiger partial charge is 0.354 e. The molecule has 0 saturated heterocycles. The van der Waals surface area contributed by atoms with Gasteiger partial charge in [-0.15, -0.1) is 0 Å². The number of amides is 2. The number of thioether (sulfide) groups is 1. The van der Waals surface area contributed by atoms with E-state index in [0.29, 0.717) is 25.4 Å². The summed E-state index contributed by atoms with van der Waals surface area (Å²) in [6, 6.07) is 17.9. The van der Waals surface area contributed by atoms with Gasteiger partial charge in [0, 0.05) is 31.0 Å². The molecule has 0 spiro atoms. The fourth-order valence-corrected chi connectivity index (χ4v) is 4.00. The molecule has 1 atom stereocenters. The van der Waals surface area contributed by atoms with Crippen molar-refractivity contribution in [3.8, 4) is 0 Å². The van der Waals surface area contributed by atoms with Gasteiger partial charge in [0.1, 0.15) is 6.04 Å². The molecule has 5 heteroatoms. The van der Waals surface area contributed by atoms with Crippen LogP contribution in [0.15, 0.2) is 54.6 Å². The average Bonchev–Trinajstić information content (AvgIpc) is 2.73. The van der Waals surface area contributed by atoms with Crippen LogP contribution in [0, 0.1) is 12.8 Å². The first-order valence-corrected chi connectivity index (χ1v) is 11.8. The molecule has 2 aromatic rings. The predicted octanol–water partition coefficient (Wildman–Crippen LogP) is 4.81. The van der Waals surface area contributed by atoms with Crippen molar-refractivity contribution in [1.82, 2.24) is 10.2 Å². The van der Waals surface area contributed by atoms with E-state index in [1.54, 1.807) is 16.7 Å². The Balaban J connectivity index is 1.99. The Bertz CT molecular complexity index is 808. The lowest BCUT2D eigenvalue weighted by Gasteiger charge is -2.29. The molecule has 1 unspecified atom stereocenters. The minimum atomic E-state index is -0.504. The predicted molar refractivity (Wildman–Crippen MR) is 126 cm³/mol. The van der Waals surface area contributed by atoms with Crippen LogP contribution < -0.4 is 5.32 Å². The molecule has 0 aliphatic carbocycles. The molecule has 2 amide bonds. The van der Waals surface area contributed by atoms with Crippen LogP contribution >= 0.6 is 11.8 Å². The van der Waals surface area contributed by atoms with E-state index in [9.17, 15) is 9.59 Å². The highest BCUT2D eigenvalue weighted by Crippen LogP contribution is 2.16. The summed E-state index contributed by atoms with van der Waals surface area (Å²) >= 11 is 1.75. The van der Waals surface area contributed by atoms with Gasteiger partial charge in [-0.05, 0) is 30.9 Å². The molecular weight excluding hydrogens is 392 g/mol. The maximum absolute atomic E-state index is 13.1. The minimum absolute atomic E-state index is 0.0178. The maximum Gasteiger partial charge on any atom is 0.242 e. The summed E-state index contributed by atoms with van der Waals surface area (Å²) in [5, 5.41) is 2.97. The van der Waals surface area contributed by atoms with E-state index in [-0.39, 0.29) is 11.8 Å². The summed E-state index contributed by atoms with van der Waals surface area (Å²) in [5.41, 5.74) is 3.45. The van der Waals surface area contributed by atoms with Crippen molar-refractivity contribution in [2.24, 2.45) is 5.92 Å². The van der Waals surface area contributed by atoms with Gasteiger partial charge >= 0.3 is 0 Å². The van der Waals surface area contributed by atoms with Gasteiger partial charge in [-0.1, -0.05) is 74.0 Å². The van der Waals surface area contributed by atoms with Gasteiger partial charge in [0.2, 0.25) is 11.8 Å². The summed E-state index contributed by atoms with van der Waals surface area (Å²) in [6.45, 7) is 9.03. The fraction of sp³-hybridized carbons (Fsp3) is 0.440. The molecule has 0 heterocycles. The number of nitrogens with zero attached hydrogens (tertiary/aromatic N) is 1. The second-order valence-corrected chi connectivity index (χ2v) is 9.22. The molecule has 2 rings (SSSR count). The van der Waals surface area contributed by atoms with Crippen molar-refractivity contribution in [2.75, 3.05) is 12.3 Å². The second-order valence-electron chi connectivity index (χ2n) is 8.11. The van der Waals surface area contributed by atoms with Gasteiger partial charge < -0.3 is 10.2 Å². The Hall–Kier alpha value is -2.27. The van der Waals surface area contributed by atoms with Crippen LogP contribution in [0.2, 0.25) is 0 Å². The quantitative estimate of drug-likeness (QED) is 0.525. The van der Waals surface area contributed by atoms with E-state index < -0.39 is 6.04 Å². The van der Waals surface area contributed by atoms with Gasteiger partial charge in [-0.2, -0.15) is 11.8 Å². The molecule has 162 valence electrons. The van der Waals surface area contributed by atoms with Crippen LogP contribution in [0.25, 0.3) is 0 Å². The standard InChI is InChI=1S/C25H34N2O2S/c1-19(2)16-26-25(29)21(4)27(17-23-12-8-9-20(3)15-23)24(28)13-14-30-18-22-10-6-5-7-11-22/h5-12,15,19,21H,13-14,16-18H2,1-4H3,(H,26,29). The highest BCUT2D eigenvalue weighted by molar-refractivity contribution is 7.98. The number of carbonyl (C=O) groups is 2. The van der Waals surface area contributed by atoms with Crippen LogP contribution in [0.1, 0.15) is 43.9 Å². The molecule has 0 aliphatic heterocycles. The van der Waals surface area contributed by atoms with E-state index in [1.807, 2.05) is 50.2 Å². The normalized spacial score (nSPS) is 11.9. The first-order valence-electron chi connectivity index (χ1n) is 10.6. The Morgan fingerprint density at radius 1 is 1.00 bits per heavy atom. The number of carbonyl (C=O) groups excluding carboxylic acids is 2. The summed E-state index contributed by atoms with van der Waals surface area (Å²) in [5.74, 6) is 1.91. The number of nitrogens with one attached hydrogen (secondary N) is 1. The van der Waals surface area contributed by atoms with Gasteiger partial charge in [0.15, 0.2) is 0 Å². The molecule has 0 fully saturated rings. The summed E-state index contributed by atoms with van der Waals surface area (Å²) in [4.78, 5) is 27.4. The van der Waals surface area contributed by atoms with Gasteiger partial charge in [0.25, 0.3) is 0 Å². The summed E-state index contributed by atoms with van der Waals surface area (Å²) < 4.78 is 0. The monoisotopic (exact) mass is 426 g/mol. The molecule has 0 saturated carbocycles. The smallest absolute Gasteiger partial charge is 0.242 e. The molecule has 1 N–H and O–H groups in total. The molecule has 2 aromatic carbocycles. The zero-order chi connectivity index (χ0) is 21.9. The van der Waals surface area contributed by atoms with Crippen LogP contribution in [-0.4, -0.2) is 35.1 Å². The van der Waals surface area contributed by atoms with E-state index >= 15 is 0 Å². The van der Waals surface area contributed by atoms with E-state index in [0.717, 1.165) is 22.6 Å². The maximum atomic E-state index is 13.1. The van der Waals surface area contributed by atoms with Crippen molar-refractivity contribution in [3.63, 3.8) is 0 Å². The van der Waals surface area contributed by atoms with Gasteiger partial charge in [0.05, 0.1) is 0 Å². The first kappa shape index (κ1) is 24.0. The van der Waals surface area contributed by atoms with Crippen LogP contribution in [0.4, 0.5) is 0 Å². The lowest BCUT2D eigenvalue weighted by Crippen LogP contribution is -2.48. The number of hydrogen-bond donors (Lipinski definition) is 1. The lowest BCUT2D eigenvalue weighted by molar-refractivity contribution is -0.140. The summed E-state index contributed by atoms with van der Waals surface area (Å²) in [7, 11) is 0. The Morgan fingerprint density at radius 3 is 2.37 bits per heavy atom. The number of rotatable bonds is 11. The van der Waals surface area contributed by atoms with Crippen molar-refractivity contribution in [2.45, 2.75) is 52.5 Å². The van der Waals surface area contributed by atoms with Gasteiger partial charge in [-0.3, -0.25) is 9.59 Å². The Kier molecular flexibility index (Phi) is 9.95. The third kappa shape index (κ3) is 8.23. The molecule has 0 aromatic heterocycles. The topological polar surface area (TPSA) is 49.4 Å². The van der Waals surface area contributed by atoms with Crippen molar-refractivity contribution >= 4 is 23.6 Å². The molecule has 0 aliphatic rings. The third-order valence-corrected chi connectivity index (χ3v) is 5.89. The van der Waals surface area contributed by atoms with Crippen LogP contribution in [0.5, 0.6) is 0 Å². The zero-order valence-corrected chi connectivity index (χ0v) is 19.4. The lowest BCUT2D eigenvalue weighted by atomic mass is 10.1. The second kappa shape index (κ2) is 12.4. The SMILES string of the molecule is Cc1cccc(CN(C(=O)CCSCc2ccccc2)C(C)C(=O)NCC(C)C)c1. The third-order valence-electron chi connectivity index (χ3n) is 4.86. The number of aryl methyl sites for hydroxylation is 1. The van der Waals surface area contributed by atoms with Gasteiger partial charge in [-0.25, -0.2) is 0 Å². The summed E-state index contributed by atoms with van der Waals surface area (Å²) in [6.07, 6.45) is 0.422.